The summed E-state index contributed by atoms with van der Waals surface area (Å²) >= 11 is 0. The van der Waals surface area contributed by atoms with Crippen LogP contribution in [0.4, 0.5) is 10.1 Å². The minimum atomic E-state index is -0.271. The van der Waals surface area contributed by atoms with Crippen molar-refractivity contribution in [3.05, 3.63) is 54.5 Å². The van der Waals surface area contributed by atoms with E-state index < -0.39 is 0 Å². The molecule has 0 saturated carbocycles. The topological polar surface area (TPSA) is 64.2 Å². The second kappa shape index (κ2) is 5.28. The number of fused-ring (bicyclic) bond motifs is 1. The van der Waals surface area contributed by atoms with E-state index >= 15 is 0 Å². The number of halogens is 1. The molecular weight excluding hydrogens is 267 g/mol. The van der Waals surface area contributed by atoms with Crippen molar-refractivity contribution in [2.45, 2.75) is 6.92 Å². The van der Waals surface area contributed by atoms with Gasteiger partial charge in [-0.05, 0) is 49.4 Å². The van der Waals surface area contributed by atoms with Crippen LogP contribution in [0.5, 0.6) is 0 Å². The van der Waals surface area contributed by atoms with Gasteiger partial charge in [0.05, 0.1) is 34.4 Å². The summed E-state index contributed by atoms with van der Waals surface area (Å²) in [6, 6.07) is 11.7. The Labute approximate surface area is 121 Å². The Hall–Kier alpha value is -2.82. The number of nitrogens with two attached hydrogens (primary N) is 1. The molecule has 4 nitrogen and oxygen atoms in total. The van der Waals surface area contributed by atoms with Gasteiger partial charge in [-0.15, -0.1) is 0 Å². The Balaban J connectivity index is 2.05. The smallest absolute Gasteiger partial charge is 0.123 e. The average Bonchev–Trinajstić information content (AvgIpc) is 2.47. The third-order valence-electron chi connectivity index (χ3n) is 2.97. The first-order valence-corrected chi connectivity index (χ1v) is 6.45. The molecule has 1 heterocycles. The minimum Gasteiger partial charge on any atom is -0.387 e. The predicted molar refractivity (Wildman–Crippen MR) is 81.9 cm³/mol. The van der Waals surface area contributed by atoms with Crippen LogP contribution in [0.3, 0.4) is 0 Å². The molecule has 21 heavy (non-hydrogen) atoms. The molecule has 2 aromatic carbocycles. The van der Waals surface area contributed by atoms with E-state index in [1.165, 1.54) is 12.1 Å². The summed E-state index contributed by atoms with van der Waals surface area (Å²) in [7, 11) is 0. The second-order valence-corrected chi connectivity index (χ2v) is 4.69. The van der Waals surface area contributed by atoms with Crippen molar-refractivity contribution >= 4 is 22.6 Å². The van der Waals surface area contributed by atoms with Crippen molar-refractivity contribution in [2.24, 2.45) is 10.7 Å². The molecule has 0 aliphatic heterocycles. The highest BCUT2D eigenvalue weighted by Crippen LogP contribution is 2.22. The summed E-state index contributed by atoms with van der Waals surface area (Å²) in [5.41, 5.74) is 9.33. The molecule has 0 fully saturated rings. The lowest BCUT2D eigenvalue weighted by molar-refractivity contribution is 0.628. The van der Waals surface area contributed by atoms with Crippen LogP contribution >= 0.6 is 0 Å². The standard InChI is InChI=1S/C16H13FN4/c1-10(18)20-13-6-7-14-15(8-13)19-9-16(21-14)11-2-4-12(17)5-3-11/h2-9H,1H3,(H2,18,20). The van der Waals surface area contributed by atoms with Gasteiger partial charge in [-0.25, -0.2) is 14.4 Å². The first-order chi connectivity index (χ1) is 10.1. The van der Waals surface area contributed by atoms with Crippen molar-refractivity contribution in [3.63, 3.8) is 0 Å². The molecular formula is C16H13FN4. The molecule has 0 spiro atoms. The summed E-state index contributed by atoms with van der Waals surface area (Å²) in [4.78, 5) is 13.1. The number of benzene rings is 2. The first-order valence-electron chi connectivity index (χ1n) is 6.45. The zero-order valence-corrected chi connectivity index (χ0v) is 11.4. The molecule has 0 bridgehead atoms. The van der Waals surface area contributed by atoms with E-state index in [-0.39, 0.29) is 5.82 Å². The maximum atomic E-state index is 12.9. The van der Waals surface area contributed by atoms with Gasteiger partial charge >= 0.3 is 0 Å². The molecule has 3 rings (SSSR count). The number of aliphatic imine (C=N–C) groups is 1. The lowest BCUT2D eigenvalue weighted by Gasteiger charge is -2.03. The number of amidine groups is 1. The maximum absolute atomic E-state index is 12.9. The van der Waals surface area contributed by atoms with Crippen LogP contribution in [0.25, 0.3) is 22.3 Å². The zero-order chi connectivity index (χ0) is 14.8. The van der Waals surface area contributed by atoms with Gasteiger partial charge in [-0.2, -0.15) is 0 Å². The molecule has 0 amide bonds. The van der Waals surface area contributed by atoms with E-state index in [1.807, 2.05) is 18.2 Å². The van der Waals surface area contributed by atoms with Crippen molar-refractivity contribution < 1.29 is 4.39 Å². The summed E-state index contributed by atoms with van der Waals surface area (Å²) in [5, 5.41) is 0. The van der Waals surface area contributed by atoms with Gasteiger partial charge in [-0.3, -0.25) is 4.98 Å². The lowest BCUT2D eigenvalue weighted by Crippen LogP contribution is -2.03. The number of aromatic nitrogens is 2. The monoisotopic (exact) mass is 280 g/mol. The molecule has 2 N–H and O–H groups in total. The Kier molecular flexibility index (Phi) is 3.31. The normalized spacial score (nSPS) is 11.8. The fourth-order valence-corrected chi connectivity index (χ4v) is 2.03. The van der Waals surface area contributed by atoms with Crippen LogP contribution in [0.2, 0.25) is 0 Å². The summed E-state index contributed by atoms with van der Waals surface area (Å²) in [6.45, 7) is 1.73. The molecule has 5 heteroatoms. The third-order valence-corrected chi connectivity index (χ3v) is 2.97. The number of rotatable bonds is 2. The van der Waals surface area contributed by atoms with E-state index in [9.17, 15) is 4.39 Å². The molecule has 0 saturated heterocycles. The number of hydrogen-bond donors (Lipinski definition) is 1. The lowest BCUT2D eigenvalue weighted by atomic mass is 10.1. The van der Waals surface area contributed by atoms with Crippen molar-refractivity contribution in [2.75, 3.05) is 0 Å². The zero-order valence-electron chi connectivity index (χ0n) is 11.4. The number of nitrogens with zero attached hydrogens (tertiary/aromatic N) is 3. The molecule has 0 aliphatic rings. The summed E-state index contributed by atoms with van der Waals surface area (Å²) in [6.07, 6.45) is 1.67. The first kappa shape index (κ1) is 13.2. The summed E-state index contributed by atoms with van der Waals surface area (Å²) in [5.74, 6) is 0.220. The van der Waals surface area contributed by atoms with E-state index in [4.69, 9.17) is 5.73 Å². The molecule has 0 radical (unpaired) electrons. The van der Waals surface area contributed by atoms with E-state index in [2.05, 4.69) is 15.0 Å². The molecule has 0 aliphatic carbocycles. The Morgan fingerprint density at radius 3 is 2.57 bits per heavy atom. The third kappa shape index (κ3) is 2.86. The second-order valence-electron chi connectivity index (χ2n) is 4.69. The molecule has 0 unspecified atom stereocenters. The van der Waals surface area contributed by atoms with Crippen molar-refractivity contribution in [1.29, 1.82) is 0 Å². The fourth-order valence-electron chi connectivity index (χ4n) is 2.03. The quantitative estimate of drug-likeness (QED) is 0.577. The van der Waals surface area contributed by atoms with Crippen LogP contribution in [-0.4, -0.2) is 15.8 Å². The molecule has 3 aromatic rings. The molecule has 1 aromatic heterocycles. The van der Waals surface area contributed by atoms with Gasteiger partial charge in [0.1, 0.15) is 5.82 Å². The van der Waals surface area contributed by atoms with Gasteiger partial charge in [-0.1, -0.05) is 0 Å². The van der Waals surface area contributed by atoms with Gasteiger partial charge in [0, 0.05) is 5.56 Å². The average molecular weight is 280 g/mol. The van der Waals surface area contributed by atoms with Gasteiger partial charge in [0.25, 0.3) is 0 Å². The number of hydrogen-bond acceptors (Lipinski definition) is 3. The van der Waals surface area contributed by atoms with Crippen molar-refractivity contribution in [3.8, 4) is 11.3 Å². The van der Waals surface area contributed by atoms with Crippen LogP contribution in [-0.2, 0) is 0 Å². The van der Waals surface area contributed by atoms with E-state index in [0.29, 0.717) is 11.5 Å². The Morgan fingerprint density at radius 2 is 1.86 bits per heavy atom. The van der Waals surface area contributed by atoms with Gasteiger partial charge < -0.3 is 5.73 Å². The van der Waals surface area contributed by atoms with E-state index in [0.717, 1.165) is 22.3 Å². The highest BCUT2D eigenvalue weighted by molar-refractivity contribution is 5.84. The largest absolute Gasteiger partial charge is 0.387 e. The van der Waals surface area contributed by atoms with Gasteiger partial charge in [0.2, 0.25) is 0 Å². The fraction of sp³-hybridized carbons (Fsp3) is 0.0625. The SMILES string of the molecule is CC(N)=Nc1ccc2nc(-c3ccc(F)cc3)cnc2c1. The van der Waals surface area contributed by atoms with Gasteiger partial charge in [0.15, 0.2) is 0 Å². The highest BCUT2D eigenvalue weighted by atomic mass is 19.1. The van der Waals surface area contributed by atoms with Crippen molar-refractivity contribution in [1.82, 2.24) is 9.97 Å². The Morgan fingerprint density at radius 1 is 1.10 bits per heavy atom. The Bertz CT molecular complexity index is 821. The molecule has 0 atom stereocenters. The van der Waals surface area contributed by atoms with Crippen LogP contribution in [0, 0.1) is 5.82 Å². The van der Waals surface area contributed by atoms with Crippen LogP contribution < -0.4 is 5.73 Å². The van der Waals surface area contributed by atoms with Crippen LogP contribution in [0.1, 0.15) is 6.92 Å². The van der Waals surface area contributed by atoms with E-state index in [1.54, 1.807) is 25.3 Å². The molecule has 104 valence electrons. The maximum Gasteiger partial charge on any atom is 0.123 e. The highest BCUT2D eigenvalue weighted by Gasteiger charge is 2.04. The van der Waals surface area contributed by atoms with Crippen LogP contribution in [0.15, 0.2) is 53.7 Å². The minimum absolute atomic E-state index is 0.271. The summed E-state index contributed by atoms with van der Waals surface area (Å²) < 4.78 is 12.9. The predicted octanol–water partition coefficient (Wildman–Crippen LogP) is 3.44.